The molecule has 2 N–H and O–H groups in total. The minimum atomic E-state index is -3.76. The third kappa shape index (κ3) is 3.73. The van der Waals surface area contributed by atoms with Gasteiger partial charge in [-0.05, 0) is 38.1 Å². The summed E-state index contributed by atoms with van der Waals surface area (Å²) < 4.78 is 31.4. The number of hydrogen-bond acceptors (Lipinski definition) is 5. The molecule has 116 valence electrons. The van der Waals surface area contributed by atoms with Crippen LogP contribution in [0.2, 0.25) is 0 Å². The van der Waals surface area contributed by atoms with Crippen molar-refractivity contribution in [2.45, 2.75) is 18.7 Å². The number of hydrogen-bond donors (Lipinski definition) is 2. The SMILES string of the molecule is C=C(C)C(=O)Nc1ccc(S(=O)(=O)Nc2cc(C)on2)cc1. The minimum absolute atomic E-state index is 0.0430. The van der Waals surface area contributed by atoms with Gasteiger partial charge in [-0.25, -0.2) is 8.42 Å². The molecule has 0 unspecified atom stereocenters. The van der Waals surface area contributed by atoms with Gasteiger partial charge in [0.15, 0.2) is 5.82 Å². The lowest BCUT2D eigenvalue weighted by Crippen LogP contribution is -2.14. The molecule has 0 saturated carbocycles. The lowest BCUT2D eigenvalue weighted by Gasteiger charge is -2.07. The van der Waals surface area contributed by atoms with Crippen molar-refractivity contribution < 1.29 is 17.7 Å². The molecule has 7 nitrogen and oxygen atoms in total. The molecular formula is C14H15N3O4S. The van der Waals surface area contributed by atoms with Crippen molar-refractivity contribution >= 4 is 27.4 Å². The van der Waals surface area contributed by atoms with Gasteiger partial charge < -0.3 is 9.84 Å². The van der Waals surface area contributed by atoms with Crippen LogP contribution >= 0.6 is 0 Å². The zero-order valence-corrected chi connectivity index (χ0v) is 12.9. The summed E-state index contributed by atoms with van der Waals surface area (Å²) in [7, 11) is -3.76. The summed E-state index contributed by atoms with van der Waals surface area (Å²) >= 11 is 0. The number of aromatic nitrogens is 1. The number of sulfonamides is 1. The first-order valence-electron chi connectivity index (χ1n) is 6.31. The van der Waals surface area contributed by atoms with Crippen LogP contribution in [0.4, 0.5) is 11.5 Å². The van der Waals surface area contributed by atoms with Crippen molar-refractivity contribution in [1.29, 1.82) is 0 Å². The first-order valence-corrected chi connectivity index (χ1v) is 7.79. The van der Waals surface area contributed by atoms with E-state index in [1.54, 1.807) is 13.8 Å². The predicted molar refractivity (Wildman–Crippen MR) is 81.9 cm³/mol. The Bertz CT molecular complexity index is 807. The fraction of sp³-hybridized carbons (Fsp3) is 0.143. The normalized spacial score (nSPS) is 11.0. The Kier molecular flexibility index (Phi) is 4.32. The fourth-order valence-electron chi connectivity index (χ4n) is 1.57. The molecule has 2 aromatic rings. The zero-order valence-electron chi connectivity index (χ0n) is 12.1. The zero-order chi connectivity index (χ0) is 16.3. The third-order valence-electron chi connectivity index (χ3n) is 2.68. The second-order valence-electron chi connectivity index (χ2n) is 4.69. The first kappa shape index (κ1) is 15.8. The van der Waals surface area contributed by atoms with E-state index in [1.807, 2.05) is 0 Å². The molecule has 1 aromatic carbocycles. The molecule has 22 heavy (non-hydrogen) atoms. The van der Waals surface area contributed by atoms with Crippen LogP contribution in [-0.4, -0.2) is 19.5 Å². The van der Waals surface area contributed by atoms with Crippen molar-refractivity contribution in [1.82, 2.24) is 5.16 Å². The second kappa shape index (κ2) is 6.02. The van der Waals surface area contributed by atoms with Gasteiger partial charge >= 0.3 is 0 Å². The van der Waals surface area contributed by atoms with Crippen LogP contribution in [0, 0.1) is 6.92 Å². The van der Waals surface area contributed by atoms with Gasteiger partial charge in [-0.3, -0.25) is 9.52 Å². The van der Waals surface area contributed by atoms with Crippen molar-refractivity contribution in [3.05, 3.63) is 48.2 Å². The number of carbonyl (C=O) groups excluding carboxylic acids is 1. The molecule has 0 saturated heterocycles. The van der Waals surface area contributed by atoms with Gasteiger partial charge in [-0.15, -0.1) is 0 Å². The average Bonchev–Trinajstić information content (AvgIpc) is 2.83. The molecule has 0 aliphatic carbocycles. The quantitative estimate of drug-likeness (QED) is 0.823. The molecule has 1 heterocycles. The average molecular weight is 321 g/mol. The number of rotatable bonds is 5. The summed E-state index contributed by atoms with van der Waals surface area (Å²) in [6, 6.07) is 7.21. The molecule has 8 heteroatoms. The van der Waals surface area contributed by atoms with Crippen LogP contribution in [0.25, 0.3) is 0 Å². The van der Waals surface area contributed by atoms with Crippen LogP contribution in [0.1, 0.15) is 12.7 Å². The standard InChI is InChI=1S/C14H15N3O4S/c1-9(2)14(18)15-11-4-6-12(7-5-11)22(19,20)17-13-8-10(3)21-16-13/h4-8H,1H2,2-3H3,(H,15,18)(H,16,17). The number of aryl methyl sites for hydroxylation is 1. The topological polar surface area (TPSA) is 101 Å². The summed E-state index contributed by atoms with van der Waals surface area (Å²) in [5.41, 5.74) is 0.837. The Hall–Kier alpha value is -2.61. The number of benzene rings is 1. The Balaban J connectivity index is 2.15. The Morgan fingerprint density at radius 1 is 1.27 bits per heavy atom. The number of carbonyl (C=O) groups is 1. The molecule has 0 aliphatic heterocycles. The monoisotopic (exact) mass is 321 g/mol. The van der Waals surface area contributed by atoms with Crippen LogP contribution in [0.5, 0.6) is 0 Å². The molecular weight excluding hydrogens is 306 g/mol. The first-order chi connectivity index (χ1) is 10.3. The van der Waals surface area contributed by atoms with Crippen LogP contribution in [-0.2, 0) is 14.8 Å². The van der Waals surface area contributed by atoms with Crippen LogP contribution in [0.3, 0.4) is 0 Å². The van der Waals surface area contributed by atoms with Gasteiger partial charge in [0.2, 0.25) is 0 Å². The van der Waals surface area contributed by atoms with Gasteiger partial charge in [0, 0.05) is 17.3 Å². The maximum absolute atomic E-state index is 12.2. The summed E-state index contributed by atoms with van der Waals surface area (Å²) in [6.45, 7) is 6.76. The van der Waals surface area contributed by atoms with Gasteiger partial charge in [0.25, 0.3) is 15.9 Å². The van der Waals surface area contributed by atoms with E-state index in [-0.39, 0.29) is 16.6 Å². The van der Waals surface area contributed by atoms with E-state index in [2.05, 4.69) is 21.8 Å². The number of amides is 1. The van der Waals surface area contributed by atoms with Crippen molar-refractivity contribution in [2.75, 3.05) is 10.0 Å². The third-order valence-corrected chi connectivity index (χ3v) is 4.05. The van der Waals surface area contributed by atoms with Crippen molar-refractivity contribution in [3.63, 3.8) is 0 Å². The number of nitrogens with one attached hydrogen (secondary N) is 2. The summed E-state index contributed by atoms with van der Waals surface area (Å²) in [5, 5.41) is 6.16. The van der Waals surface area contributed by atoms with Gasteiger partial charge in [0.1, 0.15) is 5.76 Å². The van der Waals surface area contributed by atoms with E-state index in [1.165, 1.54) is 30.3 Å². The highest BCUT2D eigenvalue weighted by atomic mass is 32.2. The van der Waals surface area contributed by atoms with E-state index in [9.17, 15) is 13.2 Å². The Morgan fingerprint density at radius 3 is 2.41 bits per heavy atom. The van der Waals surface area contributed by atoms with Crippen LogP contribution in [0.15, 0.2) is 51.9 Å². The minimum Gasteiger partial charge on any atom is -0.360 e. The molecule has 0 radical (unpaired) electrons. The predicted octanol–water partition coefficient (Wildman–Crippen LogP) is 2.30. The molecule has 0 fully saturated rings. The Morgan fingerprint density at radius 2 is 1.91 bits per heavy atom. The summed E-state index contributed by atoms with van der Waals surface area (Å²) in [5.74, 6) is 0.277. The van der Waals surface area contributed by atoms with Crippen molar-refractivity contribution in [3.8, 4) is 0 Å². The molecule has 1 aromatic heterocycles. The van der Waals surface area contributed by atoms with E-state index in [4.69, 9.17) is 4.52 Å². The van der Waals surface area contributed by atoms with E-state index < -0.39 is 10.0 Å². The highest BCUT2D eigenvalue weighted by Crippen LogP contribution is 2.18. The van der Waals surface area contributed by atoms with E-state index in [0.717, 1.165) is 0 Å². The Labute approximate surface area is 128 Å². The second-order valence-corrected chi connectivity index (χ2v) is 6.37. The molecule has 0 aliphatic rings. The maximum atomic E-state index is 12.2. The van der Waals surface area contributed by atoms with Gasteiger partial charge in [-0.1, -0.05) is 11.7 Å². The maximum Gasteiger partial charge on any atom is 0.263 e. The molecule has 0 atom stereocenters. The molecule has 0 bridgehead atoms. The summed E-state index contributed by atoms with van der Waals surface area (Å²) in [6.07, 6.45) is 0. The molecule has 0 spiro atoms. The van der Waals surface area contributed by atoms with Gasteiger partial charge in [0.05, 0.1) is 4.90 Å². The van der Waals surface area contributed by atoms with E-state index >= 15 is 0 Å². The van der Waals surface area contributed by atoms with Crippen molar-refractivity contribution in [2.24, 2.45) is 0 Å². The fourth-order valence-corrected chi connectivity index (χ4v) is 2.55. The molecule has 1 amide bonds. The number of anilines is 2. The summed E-state index contributed by atoms with van der Waals surface area (Å²) in [4.78, 5) is 11.5. The molecule has 2 rings (SSSR count). The van der Waals surface area contributed by atoms with E-state index in [0.29, 0.717) is 17.0 Å². The van der Waals surface area contributed by atoms with Gasteiger partial charge in [-0.2, -0.15) is 0 Å². The lowest BCUT2D eigenvalue weighted by atomic mass is 10.3. The largest absolute Gasteiger partial charge is 0.360 e. The number of nitrogens with zero attached hydrogens (tertiary/aromatic N) is 1. The lowest BCUT2D eigenvalue weighted by molar-refractivity contribution is -0.112. The highest BCUT2D eigenvalue weighted by molar-refractivity contribution is 7.92. The smallest absolute Gasteiger partial charge is 0.263 e. The van der Waals surface area contributed by atoms with Crippen LogP contribution < -0.4 is 10.0 Å². The highest BCUT2D eigenvalue weighted by Gasteiger charge is 2.16.